The molecule has 1 aromatic carbocycles. The lowest BCUT2D eigenvalue weighted by atomic mass is 10.0. The molecule has 3 aromatic heterocycles. The number of aromatic nitrogens is 3. The highest BCUT2D eigenvalue weighted by molar-refractivity contribution is 9.10. The van der Waals surface area contributed by atoms with Crippen LogP contribution in [0.25, 0.3) is 20.4 Å². The second-order valence-electron chi connectivity index (χ2n) is 7.96. The maximum Gasteiger partial charge on any atom is 0.234 e. The van der Waals surface area contributed by atoms with E-state index in [4.69, 9.17) is 4.98 Å². The molecule has 0 spiro atoms. The van der Waals surface area contributed by atoms with Gasteiger partial charge in [-0.15, -0.1) is 11.3 Å². The minimum Gasteiger partial charge on any atom is -0.325 e. The van der Waals surface area contributed by atoms with Crippen LogP contribution in [0, 0.1) is 0 Å². The van der Waals surface area contributed by atoms with Crippen molar-refractivity contribution in [1.29, 1.82) is 0 Å². The maximum absolute atomic E-state index is 12.5. The number of thioether (sulfide) groups is 1. The van der Waals surface area contributed by atoms with Crippen LogP contribution in [-0.4, -0.2) is 26.6 Å². The van der Waals surface area contributed by atoms with E-state index in [1.807, 2.05) is 24.3 Å². The molecule has 0 atom stereocenters. The number of amides is 1. The lowest BCUT2D eigenvalue weighted by Gasteiger charge is -2.08. The van der Waals surface area contributed by atoms with Gasteiger partial charge in [0.2, 0.25) is 5.91 Å². The zero-order chi connectivity index (χ0) is 22.1. The van der Waals surface area contributed by atoms with Crippen molar-refractivity contribution >= 4 is 71.1 Å². The molecule has 1 amide bonds. The summed E-state index contributed by atoms with van der Waals surface area (Å²) in [6.07, 6.45) is 8.43. The van der Waals surface area contributed by atoms with Crippen molar-refractivity contribution in [1.82, 2.24) is 15.0 Å². The SMILES string of the molecule is CCCCc1nc2sc3c(SCC(=O)Nc4ccc(Br)cc4)ncnc3c2c2c1CCC2. The Balaban J connectivity index is 1.43. The van der Waals surface area contributed by atoms with Crippen LogP contribution in [0.4, 0.5) is 5.69 Å². The van der Waals surface area contributed by atoms with Gasteiger partial charge in [0.05, 0.1) is 16.0 Å². The number of hydrogen-bond acceptors (Lipinski definition) is 6. The molecule has 0 saturated heterocycles. The lowest BCUT2D eigenvalue weighted by molar-refractivity contribution is -0.113. The molecule has 5 rings (SSSR count). The van der Waals surface area contributed by atoms with Crippen LogP contribution in [-0.2, 0) is 24.1 Å². The molecule has 0 aliphatic heterocycles. The molecule has 5 nitrogen and oxygen atoms in total. The first kappa shape index (κ1) is 21.8. The number of hydrogen-bond donors (Lipinski definition) is 1. The van der Waals surface area contributed by atoms with E-state index in [0.717, 1.165) is 49.5 Å². The standard InChI is InChI=1S/C24H23BrN4OS2/c1-2-3-7-18-16-5-4-6-17(16)20-21-22(32-23(20)29-18)24(27-13-26-21)31-12-19(30)28-15-10-8-14(25)9-11-15/h8-11,13H,2-7,12H2,1H3,(H,28,30). The minimum absolute atomic E-state index is 0.0499. The van der Waals surface area contributed by atoms with Gasteiger partial charge in [0.25, 0.3) is 0 Å². The smallest absolute Gasteiger partial charge is 0.234 e. The van der Waals surface area contributed by atoms with E-state index in [-0.39, 0.29) is 5.91 Å². The predicted octanol–water partition coefficient (Wildman–Crippen LogP) is 6.56. The maximum atomic E-state index is 12.5. The third kappa shape index (κ3) is 4.28. The first-order valence-corrected chi connectivity index (χ1v) is 13.5. The lowest BCUT2D eigenvalue weighted by Crippen LogP contribution is -2.14. The number of nitrogens with zero attached hydrogens (tertiary/aromatic N) is 3. The number of carbonyl (C=O) groups is 1. The number of unbranched alkanes of at least 4 members (excludes halogenated alkanes) is 1. The average Bonchev–Trinajstić information content (AvgIpc) is 3.42. The number of benzene rings is 1. The molecule has 32 heavy (non-hydrogen) atoms. The second-order valence-corrected chi connectivity index (χ2v) is 10.8. The molecule has 1 aliphatic rings. The van der Waals surface area contributed by atoms with Crippen molar-refractivity contribution in [3.63, 3.8) is 0 Å². The van der Waals surface area contributed by atoms with Gasteiger partial charge >= 0.3 is 0 Å². The zero-order valence-electron chi connectivity index (χ0n) is 17.8. The van der Waals surface area contributed by atoms with Gasteiger partial charge in [0.15, 0.2) is 0 Å². The van der Waals surface area contributed by atoms with Crippen LogP contribution < -0.4 is 5.32 Å². The van der Waals surface area contributed by atoms with Crippen molar-refractivity contribution in [3.05, 3.63) is 51.9 Å². The summed E-state index contributed by atoms with van der Waals surface area (Å²) in [6.45, 7) is 2.23. The molecule has 8 heteroatoms. The Morgan fingerprint density at radius 3 is 2.81 bits per heavy atom. The van der Waals surface area contributed by atoms with E-state index in [2.05, 4.69) is 38.1 Å². The zero-order valence-corrected chi connectivity index (χ0v) is 21.0. The first-order chi connectivity index (χ1) is 15.6. The molecule has 4 aromatic rings. The third-order valence-electron chi connectivity index (χ3n) is 5.76. The minimum atomic E-state index is -0.0499. The van der Waals surface area contributed by atoms with Crippen molar-refractivity contribution in [2.75, 3.05) is 11.1 Å². The normalized spacial score (nSPS) is 13.1. The summed E-state index contributed by atoms with van der Waals surface area (Å²) < 4.78 is 2.02. The molecule has 1 N–H and O–H groups in total. The van der Waals surface area contributed by atoms with E-state index < -0.39 is 0 Å². The number of halogens is 1. The molecule has 164 valence electrons. The first-order valence-electron chi connectivity index (χ1n) is 10.9. The largest absolute Gasteiger partial charge is 0.325 e. The van der Waals surface area contributed by atoms with E-state index >= 15 is 0 Å². The molecule has 0 bridgehead atoms. The van der Waals surface area contributed by atoms with E-state index in [1.54, 1.807) is 17.7 Å². The highest BCUT2D eigenvalue weighted by Gasteiger charge is 2.24. The van der Waals surface area contributed by atoms with E-state index in [9.17, 15) is 4.79 Å². The number of rotatable bonds is 7. The predicted molar refractivity (Wildman–Crippen MR) is 137 cm³/mol. The Hall–Kier alpha value is -2.03. The van der Waals surface area contributed by atoms with Crippen LogP contribution in [0.5, 0.6) is 0 Å². The monoisotopic (exact) mass is 526 g/mol. The fourth-order valence-electron chi connectivity index (χ4n) is 4.27. The molecule has 0 fully saturated rings. The number of carbonyl (C=O) groups excluding carboxylic acids is 1. The third-order valence-corrected chi connectivity index (χ3v) is 8.49. The van der Waals surface area contributed by atoms with Crippen LogP contribution in [0.1, 0.15) is 43.0 Å². The second kappa shape index (κ2) is 9.45. The number of fused-ring (bicyclic) bond motifs is 5. The number of thiophene rings is 1. The average molecular weight is 528 g/mol. The summed E-state index contributed by atoms with van der Waals surface area (Å²) in [4.78, 5) is 27.8. The van der Waals surface area contributed by atoms with Crippen LogP contribution >= 0.6 is 39.0 Å². The van der Waals surface area contributed by atoms with Gasteiger partial charge < -0.3 is 5.32 Å². The van der Waals surface area contributed by atoms with Gasteiger partial charge in [-0.1, -0.05) is 41.0 Å². The Morgan fingerprint density at radius 2 is 2.00 bits per heavy atom. The van der Waals surface area contributed by atoms with Gasteiger partial charge in [0, 0.05) is 21.2 Å². The summed E-state index contributed by atoms with van der Waals surface area (Å²) in [7, 11) is 0. The number of nitrogens with one attached hydrogen (secondary N) is 1. The molecule has 0 radical (unpaired) electrons. The molecular formula is C24H23BrN4OS2. The molecular weight excluding hydrogens is 504 g/mol. The van der Waals surface area contributed by atoms with E-state index in [0.29, 0.717) is 5.75 Å². The Kier molecular flexibility index (Phi) is 6.44. The molecule has 1 aliphatic carbocycles. The van der Waals surface area contributed by atoms with Gasteiger partial charge in [-0.2, -0.15) is 0 Å². The van der Waals surface area contributed by atoms with Gasteiger partial charge in [-0.05, 0) is 67.5 Å². The van der Waals surface area contributed by atoms with Crippen LogP contribution in [0.15, 0.2) is 40.1 Å². The highest BCUT2D eigenvalue weighted by atomic mass is 79.9. The Morgan fingerprint density at radius 1 is 1.19 bits per heavy atom. The van der Waals surface area contributed by atoms with Crippen LogP contribution in [0.3, 0.4) is 0 Å². The molecule has 0 unspecified atom stereocenters. The Bertz CT molecular complexity index is 1300. The fraction of sp³-hybridized carbons (Fsp3) is 0.333. The van der Waals surface area contributed by atoms with Crippen molar-refractivity contribution in [3.8, 4) is 0 Å². The summed E-state index contributed by atoms with van der Waals surface area (Å²) in [6, 6.07) is 7.58. The quantitative estimate of drug-likeness (QED) is 0.218. The molecule has 0 saturated carbocycles. The topological polar surface area (TPSA) is 67.8 Å². The van der Waals surface area contributed by atoms with Gasteiger partial charge in [0.1, 0.15) is 16.2 Å². The number of anilines is 1. The summed E-state index contributed by atoms with van der Waals surface area (Å²) in [5, 5.41) is 5.00. The fourth-order valence-corrected chi connectivity index (χ4v) is 6.59. The number of pyridine rings is 1. The molecule has 3 heterocycles. The van der Waals surface area contributed by atoms with Gasteiger partial charge in [-0.25, -0.2) is 15.0 Å². The number of aryl methyl sites for hydroxylation is 2. The summed E-state index contributed by atoms with van der Waals surface area (Å²) in [5.41, 5.74) is 5.94. The summed E-state index contributed by atoms with van der Waals surface area (Å²) in [5.74, 6) is 0.245. The van der Waals surface area contributed by atoms with Gasteiger partial charge in [-0.3, -0.25) is 4.79 Å². The highest BCUT2D eigenvalue weighted by Crippen LogP contribution is 2.42. The van der Waals surface area contributed by atoms with Crippen molar-refractivity contribution in [2.24, 2.45) is 0 Å². The van der Waals surface area contributed by atoms with Crippen molar-refractivity contribution < 1.29 is 4.79 Å². The summed E-state index contributed by atoms with van der Waals surface area (Å²) >= 11 is 6.53. The van der Waals surface area contributed by atoms with Crippen molar-refractivity contribution in [2.45, 2.75) is 50.5 Å². The Labute approximate surface area is 203 Å². The van der Waals surface area contributed by atoms with E-state index in [1.165, 1.54) is 53.2 Å². The van der Waals surface area contributed by atoms with Crippen LogP contribution in [0.2, 0.25) is 0 Å².